The van der Waals surface area contributed by atoms with E-state index in [4.69, 9.17) is 5.11 Å². The number of carboxylic acids is 1. The Kier molecular flexibility index (Phi) is 6.99. The number of amides is 2. The normalized spacial score (nSPS) is 17.5. The summed E-state index contributed by atoms with van der Waals surface area (Å²) in [4.78, 5) is 24.6. The van der Waals surface area contributed by atoms with Crippen LogP contribution in [0, 0.1) is 5.41 Å². The first-order valence-corrected chi connectivity index (χ1v) is 8.10. The highest BCUT2D eigenvalue weighted by atomic mass is 16.4. The smallest absolute Gasteiger partial charge is 0.317 e. The molecule has 0 saturated heterocycles. The van der Waals surface area contributed by atoms with Crippen molar-refractivity contribution in [3.05, 3.63) is 0 Å². The minimum atomic E-state index is -0.811. The summed E-state index contributed by atoms with van der Waals surface area (Å²) in [6.45, 7) is 7.38. The maximum Gasteiger partial charge on any atom is 0.317 e. The maximum absolute atomic E-state index is 12.3. The Labute approximate surface area is 128 Å². The summed E-state index contributed by atoms with van der Waals surface area (Å²) in [6.07, 6.45) is 6.75. The SMILES string of the molecule is CC(C)N(CCCC(=O)O)C(=O)NCC1(C)CCCCC1. The Balaban J connectivity index is 2.43. The number of carboxylic acid groups (broad SMARTS) is 1. The summed E-state index contributed by atoms with van der Waals surface area (Å²) in [5, 5.41) is 11.7. The molecule has 0 radical (unpaired) electrons. The monoisotopic (exact) mass is 298 g/mol. The highest BCUT2D eigenvalue weighted by Crippen LogP contribution is 2.34. The Morgan fingerprint density at radius 2 is 1.86 bits per heavy atom. The maximum atomic E-state index is 12.3. The Bertz CT molecular complexity index is 349. The van der Waals surface area contributed by atoms with E-state index in [1.54, 1.807) is 4.90 Å². The van der Waals surface area contributed by atoms with Crippen molar-refractivity contribution in [2.75, 3.05) is 13.1 Å². The fourth-order valence-corrected chi connectivity index (χ4v) is 2.97. The zero-order valence-electron chi connectivity index (χ0n) is 13.7. The molecule has 1 saturated carbocycles. The Hall–Kier alpha value is -1.26. The second-order valence-electron chi connectivity index (χ2n) is 6.81. The van der Waals surface area contributed by atoms with E-state index in [1.165, 1.54) is 32.1 Å². The molecular formula is C16H30N2O3. The lowest BCUT2D eigenvalue weighted by atomic mass is 9.76. The predicted molar refractivity (Wildman–Crippen MR) is 83.3 cm³/mol. The molecule has 1 rings (SSSR count). The van der Waals surface area contributed by atoms with Crippen LogP contribution in [0.25, 0.3) is 0 Å². The van der Waals surface area contributed by atoms with Crippen molar-refractivity contribution in [3.63, 3.8) is 0 Å². The molecule has 122 valence electrons. The van der Waals surface area contributed by atoms with E-state index in [9.17, 15) is 9.59 Å². The highest BCUT2D eigenvalue weighted by Gasteiger charge is 2.28. The molecule has 0 bridgehead atoms. The number of nitrogens with one attached hydrogen (secondary N) is 1. The summed E-state index contributed by atoms with van der Waals surface area (Å²) in [7, 11) is 0. The highest BCUT2D eigenvalue weighted by molar-refractivity contribution is 5.74. The van der Waals surface area contributed by atoms with Gasteiger partial charge in [-0.05, 0) is 38.5 Å². The van der Waals surface area contributed by atoms with E-state index < -0.39 is 5.97 Å². The van der Waals surface area contributed by atoms with Crippen LogP contribution in [0.4, 0.5) is 4.79 Å². The number of hydrogen-bond acceptors (Lipinski definition) is 2. The zero-order chi connectivity index (χ0) is 15.9. The van der Waals surface area contributed by atoms with Crippen LogP contribution in [0.1, 0.15) is 65.7 Å². The van der Waals surface area contributed by atoms with Crippen LogP contribution in [0.5, 0.6) is 0 Å². The van der Waals surface area contributed by atoms with Gasteiger partial charge in [0.05, 0.1) is 0 Å². The second kappa shape index (κ2) is 8.25. The third-order valence-corrected chi connectivity index (χ3v) is 4.40. The molecule has 0 aromatic heterocycles. The minimum Gasteiger partial charge on any atom is -0.481 e. The topological polar surface area (TPSA) is 69.6 Å². The van der Waals surface area contributed by atoms with Gasteiger partial charge in [-0.25, -0.2) is 4.79 Å². The van der Waals surface area contributed by atoms with Crippen LogP contribution in [-0.2, 0) is 4.79 Å². The van der Waals surface area contributed by atoms with E-state index in [0.29, 0.717) is 19.5 Å². The van der Waals surface area contributed by atoms with Crippen molar-refractivity contribution in [1.29, 1.82) is 0 Å². The Morgan fingerprint density at radius 3 is 2.38 bits per heavy atom. The van der Waals surface area contributed by atoms with Crippen molar-refractivity contribution in [3.8, 4) is 0 Å². The van der Waals surface area contributed by atoms with Crippen LogP contribution in [0.15, 0.2) is 0 Å². The second-order valence-corrected chi connectivity index (χ2v) is 6.81. The quantitative estimate of drug-likeness (QED) is 0.758. The molecule has 0 spiro atoms. The van der Waals surface area contributed by atoms with Gasteiger partial charge >= 0.3 is 12.0 Å². The molecule has 0 heterocycles. The van der Waals surface area contributed by atoms with E-state index in [0.717, 1.165) is 0 Å². The lowest BCUT2D eigenvalue weighted by molar-refractivity contribution is -0.137. The number of nitrogens with zero attached hydrogens (tertiary/aromatic N) is 1. The summed E-state index contributed by atoms with van der Waals surface area (Å²) in [5.41, 5.74) is 0.220. The lowest BCUT2D eigenvalue weighted by Gasteiger charge is -2.35. The molecule has 0 unspecified atom stereocenters. The number of carbonyl (C=O) groups excluding carboxylic acids is 1. The molecule has 1 aliphatic carbocycles. The molecule has 5 heteroatoms. The molecule has 21 heavy (non-hydrogen) atoms. The van der Waals surface area contributed by atoms with Crippen molar-refractivity contribution < 1.29 is 14.7 Å². The van der Waals surface area contributed by atoms with Gasteiger partial charge < -0.3 is 15.3 Å². The molecule has 0 aromatic carbocycles. The third kappa shape index (κ3) is 6.36. The third-order valence-electron chi connectivity index (χ3n) is 4.40. The molecule has 2 amide bonds. The first-order chi connectivity index (χ1) is 9.84. The molecule has 5 nitrogen and oxygen atoms in total. The number of aliphatic carboxylic acids is 1. The first-order valence-electron chi connectivity index (χ1n) is 8.10. The lowest BCUT2D eigenvalue weighted by Crippen LogP contribution is -2.47. The van der Waals surface area contributed by atoms with Crippen molar-refractivity contribution in [2.45, 2.75) is 71.8 Å². The number of rotatable bonds is 7. The molecular weight excluding hydrogens is 268 g/mol. The van der Waals surface area contributed by atoms with Gasteiger partial charge in [0.1, 0.15) is 0 Å². The summed E-state index contributed by atoms with van der Waals surface area (Å²) >= 11 is 0. The van der Waals surface area contributed by atoms with Gasteiger partial charge in [-0.2, -0.15) is 0 Å². The van der Waals surface area contributed by atoms with Gasteiger partial charge in [0.25, 0.3) is 0 Å². The van der Waals surface area contributed by atoms with Crippen molar-refractivity contribution in [1.82, 2.24) is 10.2 Å². The van der Waals surface area contributed by atoms with Gasteiger partial charge in [0.15, 0.2) is 0 Å². The molecule has 0 aliphatic heterocycles. The van der Waals surface area contributed by atoms with E-state index in [-0.39, 0.29) is 23.9 Å². The first kappa shape index (κ1) is 17.8. The van der Waals surface area contributed by atoms with Gasteiger partial charge in [-0.1, -0.05) is 26.2 Å². The van der Waals surface area contributed by atoms with Crippen LogP contribution in [0.2, 0.25) is 0 Å². The average Bonchev–Trinajstić information content (AvgIpc) is 2.41. The van der Waals surface area contributed by atoms with Crippen LogP contribution >= 0.6 is 0 Å². The van der Waals surface area contributed by atoms with E-state index in [1.807, 2.05) is 13.8 Å². The Morgan fingerprint density at radius 1 is 1.24 bits per heavy atom. The number of carbonyl (C=O) groups is 2. The van der Waals surface area contributed by atoms with Gasteiger partial charge in [-0.15, -0.1) is 0 Å². The van der Waals surface area contributed by atoms with Crippen LogP contribution in [-0.4, -0.2) is 41.1 Å². The van der Waals surface area contributed by atoms with Crippen molar-refractivity contribution >= 4 is 12.0 Å². The van der Waals surface area contributed by atoms with Gasteiger partial charge in [-0.3, -0.25) is 4.79 Å². The van der Waals surface area contributed by atoms with Crippen molar-refractivity contribution in [2.24, 2.45) is 5.41 Å². The largest absolute Gasteiger partial charge is 0.481 e. The van der Waals surface area contributed by atoms with Crippen LogP contribution in [0.3, 0.4) is 0 Å². The molecule has 0 atom stereocenters. The standard InChI is InChI=1S/C16H30N2O3/c1-13(2)18(11-7-8-14(19)20)15(21)17-12-16(3)9-5-4-6-10-16/h13H,4-12H2,1-3H3,(H,17,21)(H,19,20). The fraction of sp³-hybridized carbons (Fsp3) is 0.875. The summed E-state index contributed by atoms with van der Waals surface area (Å²) in [5.74, 6) is -0.811. The van der Waals surface area contributed by atoms with Gasteiger partial charge in [0, 0.05) is 25.6 Å². The molecule has 2 N–H and O–H groups in total. The predicted octanol–water partition coefficient (Wildman–Crippen LogP) is 3.24. The van der Waals surface area contributed by atoms with Gasteiger partial charge in [0.2, 0.25) is 0 Å². The summed E-state index contributed by atoms with van der Waals surface area (Å²) in [6, 6.07) is 0.0140. The van der Waals surface area contributed by atoms with E-state index >= 15 is 0 Å². The number of hydrogen-bond donors (Lipinski definition) is 2. The fourth-order valence-electron chi connectivity index (χ4n) is 2.97. The minimum absolute atomic E-state index is 0.0674. The molecule has 0 aromatic rings. The average molecular weight is 298 g/mol. The summed E-state index contributed by atoms with van der Waals surface area (Å²) < 4.78 is 0. The van der Waals surface area contributed by atoms with Crippen LogP contribution < -0.4 is 5.32 Å². The molecule has 1 fully saturated rings. The van der Waals surface area contributed by atoms with E-state index in [2.05, 4.69) is 12.2 Å². The number of urea groups is 1. The molecule has 1 aliphatic rings. The zero-order valence-corrected chi connectivity index (χ0v) is 13.7.